The standard InChI is InChI=1S/C15H25N3O2S/c1-3-17-11-15(8-14(17)9-16-2)21(19,20)18(13-6-7-13)10-12-4-5-12/h8,11-13,16H,3-7,9-10H2,1-2H3. The molecule has 118 valence electrons. The predicted octanol–water partition coefficient (Wildman–Crippen LogP) is 1.79. The molecule has 0 saturated heterocycles. The molecule has 2 saturated carbocycles. The van der Waals surface area contributed by atoms with Crippen LogP contribution in [0.5, 0.6) is 0 Å². The number of aryl methyl sites for hydroxylation is 1. The van der Waals surface area contributed by atoms with E-state index in [-0.39, 0.29) is 6.04 Å². The zero-order valence-electron chi connectivity index (χ0n) is 12.9. The Kier molecular flexibility index (Phi) is 4.12. The van der Waals surface area contributed by atoms with Gasteiger partial charge in [-0.05, 0) is 51.6 Å². The molecule has 0 radical (unpaired) electrons. The fraction of sp³-hybridized carbons (Fsp3) is 0.733. The summed E-state index contributed by atoms with van der Waals surface area (Å²) in [4.78, 5) is 0.460. The van der Waals surface area contributed by atoms with Crippen LogP contribution in [0.4, 0.5) is 0 Å². The molecule has 3 rings (SSSR count). The second-order valence-corrected chi connectivity index (χ2v) is 8.12. The normalized spacial score (nSPS) is 19.4. The van der Waals surface area contributed by atoms with Crippen LogP contribution in [0.2, 0.25) is 0 Å². The van der Waals surface area contributed by atoms with Crippen LogP contribution in [0.15, 0.2) is 17.2 Å². The Balaban J connectivity index is 1.88. The smallest absolute Gasteiger partial charge is 0.244 e. The molecule has 0 atom stereocenters. The summed E-state index contributed by atoms with van der Waals surface area (Å²) >= 11 is 0. The maximum absolute atomic E-state index is 13.0. The topological polar surface area (TPSA) is 54.3 Å². The molecule has 2 fully saturated rings. The first-order chi connectivity index (χ1) is 10.1. The van der Waals surface area contributed by atoms with Crippen LogP contribution in [0.25, 0.3) is 0 Å². The van der Waals surface area contributed by atoms with E-state index in [0.717, 1.165) is 25.1 Å². The van der Waals surface area contributed by atoms with Crippen LogP contribution in [-0.2, 0) is 23.1 Å². The van der Waals surface area contributed by atoms with E-state index in [1.807, 2.05) is 24.6 Å². The van der Waals surface area contributed by atoms with Crippen molar-refractivity contribution in [3.8, 4) is 0 Å². The SMILES string of the molecule is CCn1cc(S(=O)(=O)N(CC2CC2)C2CC2)cc1CNC. The first-order valence-electron chi connectivity index (χ1n) is 7.91. The van der Waals surface area contributed by atoms with E-state index >= 15 is 0 Å². The first-order valence-corrected chi connectivity index (χ1v) is 9.35. The van der Waals surface area contributed by atoms with Gasteiger partial charge in [-0.3, -0.25) is 0 Å². The molecule has 1 N–H and O–H groups in total. The van der Waals surface area contributed by atoms with Crippen LogP contribution >= 0.6 is 0 Å². The molecule has 0 amide bonds. The van der Waals surface area contributed by atoms with Crippen LogP contribution in [-0.4, -0.2) is 36.9 Å². The van der Waals surface area contributed by atoms with Gasteiger partial charge >= 0.3 is 0 Å². The Bertz CT molecular complexity index is 600. The van der Waals surface area contributed by atoms with Crippen LogP contribution in [0, 0.1) is 5.92 Å². The lowest BCUT2D eigenvalue weighted by Crippen LogP contribution is -2.34. The number of sulfonamides is 1. The molecule has 5 nitrogen and oxygen atoms in total. The van der Waals surface area contributed by atoms with Crippen molar-refractivity contribution in [2.75, 3.05) is 13.6 Å². The second-order valence-electron chi connectivity index (χ2n) is 6.23. The molecule has 21 heavy (non-hydrogen) atoms. The van der Waals surface area contributed by atoms with E-state index in [1.165, 1.54) is 12.8 Å². The third-order valence-electron chi connectivity index (χ3n) is 4.36. The molecule has 6 heteroatoms. The molecule has 0 bridgehead atoms. The Morgan fingerprint density at radius 2 is 2.05 bits per heavy atom. The summed E-state index contributed by atoms with van der Waals surface area (Å²) in [7, 11) is -1.46. The third-order valence-corrected chi connectivity index (χ3v) is 6.24. The minimum absolute atomic E-state index is 0.244. The highest BCUT2D eigenvalue weighted by Gasteiger charge is 2.41. The predicted molar refractivity (Wildman–Crippen MR) is 82.5 cm³/mol. The number of hydrogen-bond acceptors (Lipinski definition) is 3. The summed E-state index contributed by atoms with van der Waals surface area (Å²) in [5, 5.41) is 3.10. The van der Waals surface area contributed by atoms with Gasteiger partial charge in [0.15, 0.2) is 0 Å². The van der Waals surface area contributed by atoms with Gasteiger partial charge in [-0.15, -0.1) is 0 Å². The van der Waals surface area contributed by atoms with Gasteiger partial charge < -0.3 is 9.88 Å². The highest BCUT2D eigenvalue weighted by Crippen LogP contribution is 2.38. The van der Waals surface area contributed by atoms with Gasteiger partial charge in [0, 0.05) is 37.6 Å². The second kappa shape index (κ2) is 5.74. The van der Waals surface area contributed by atoms with Crippen molar-refractivity contribution in [2.24, 2.45) is 5.92 Å². The summed E-state index contributed by atoms with van der Waals surface area (Å²) in [5.41, 5.74) is 1.03. The van der Waals surface area contributed by atoms with E-state index in [4.69, 9.17) is 0 Å². The maximum Gasteiger partial charge on any atom is 0.244 e. The molecule has 0 aromatic carbocycles. The van der Waals surface area contributed by atoms with Crippen molar-refractivity contribution < 1.29 is 8.42 Å². The monoisotopic (exact) mass is 311 g/mol. The zero-order valence-corrected chi connectivity index (χ0v) is 13.7. The molecular formula is C15H25N3O2S. The van der Waals surface area contributed by atoms with Gasteiger partial charge in [0.25, 0.3) is 0 Å². The van der Waals surface area contributed by atoms with E-state index in [1.54, 1.807) is 10.5 Å². The molecular weight excluding hydrogens is 286 g/mol. The van der Waals surface area contributed by atoms with Gasteiger partial charge in [-0.2, -0.15) is 4.31 Å². The van der Waals surface area contributed by atoms with Crippen molar-refractivity contribution in [3.63, 3.8) is 0 Å². The van der Waals surface area contributed by atoms with Crippen molar-refractivity contribution in [1.82, 2.24) is 14.2 Å². The van der Waals surface area contributed by atoms with Crippen molar-refractivity contribution in [3.05, 3.63) is 18.0 Å². The minimum atomic E-state index is -3.34. The van der Waals surface area contributed by atoms with Gasteiger partial charge in [0.2, 0.25) is 10.0 Å². The van der Waals surface area contributed by atoms with Gasteiger partial charge in [-0.1, -0.05) is 0 Å². The molecule has 1 aromatic heterocycles. The molecule has 0 spiro atoms. The van der Waals surface area contributed by atoms with Crippen molar-refractivity contribution in [1.29, 1.82) is 0 Å². The number of nitrogens with one attached hydrogen (secondary N) is 1. The average molecular weight is 311 g/mol. The molecule has 1 aromatic rings. The average Bonchev–Trinajstić information content (AvgIpc) is 3.35. The number of rotatable bonds is 8. The fourth-order valence-electron chi connectivity index (χ4n) is 2.79. The Hall–Kier alpha value is -0.850. The van der Waals surface area contributed by atoms with Crippen molar-refractivity contribution in [2.45, 2.75) is 56.6 Å². The Labute approximate surface area is 127 Å². The van der Waals surface area contributed by atoms with Gasteiger partial charge in [0.1, 0.15) is 4.90 Å². The number of aromatic nitrogens is 1. The quantitative estimate of drug-likeness (QED) is 0.796. The van der Waals surface area contributed by atoms with E-state index in [9.17, 15) is 8.42 Å². The molecule has 0 unspecified atom stereocenters. The van der Waals surface area contributed by atoms with E-state index < -0.39 is 10.0 Å². The highest BCUT2D eigenvalue weighted by atomic mass is 32.2. The van der Waals surface area contributed by atoms with Gasteiger partial charge in [-0.25, -0.2) is 8.42 Å². The molecule has 2 aliphatic carbocycles. The largest absolute Gasteiger partial charge is 0.349 e. The van der Waals surface area contributed by atoms with Gasteiger partial charge in [0.05, 0.1) is 0 Å². The van der Waals surface area contributed by atoms with E-state index in [0.29, 0.717) is 23.9 Å². The summed E-state index contributed by atoms with van der Waals surface area (Å²) in [6.45, 7) is 4.23. The lowest BCUT2D eigenvalue weighted by Gasteiger charge is -2.21. The minimum Gasteiger partial charge on any atom is -0.349 e. The Morgan fingerprint density at radius 3 is 2.57 bits per heavy atom. The highest BCUT2D eigenvalue weighted by molar-refractivity contribution is 7.89. The lowest BCUT2D eigenvalue weighted by atomic mass is 10.4. The van der Waals surface area contributed by atoms with Crippen LogP contribution in [0.3, 0.4) is 0 Å². The third kappa shape index (κ3) is 3.17. The summed E-state index contributed by atoms with van der Waals surface area (Å²) in [5.74, 6) is 0.588. The molecule has 0 aliphatic heterocycles. The van der Waals surface area contributed by atoms with Crippen LogP contribution in [0.1, 0.15) is 38.3 Å². The van der Waals surface area contributed by atoms with Crippen molar-refractivity contribution >= 4 is 10.0 Å². The van der Waals surface area contributed by atoms with Crippen LogP contribution < -0.4 is 5.32 Å². The summed E-state index contributed by atoms with van der Waals surface area (Å²) in [6, 6.07) is 2.07. The lowest BCUT2D eigenvalue weighted by molar-refractivity contribution is 0.388. The number of hydrogen-bond donors (Lipinski definition) is 1. The maximum atomic E-state index is 13.0. The molecule has 2 aliphatic rings. The zero-order chi connectivity index (χ0) is 15.0. The summed E-state index contributed by atoms with van der Waals surface area (Å²) in [6.07, 6.45) is 6.19. The number of nitrogens with zero attached hydrogens (tertiary/aromatic N) is 2. The molecule has 1 heterocycles. The van der Waals surface area contributed by atoms with E-state index in [2.05, 4.69) is 5.32 Å². The first kappa shape index (κ1) is 15.1. The fourth-order valence-corrected chi connectivity index (χ4v) is 4.61. The Morgan fingerprint density at radius 1 is 1.33 bits per heavy atom. The summed E-state index contributed by atoms with van der Waals surface area (Å²) < 4.78 is 29.7.